The van der Waals surface area contributed by atoms with Gasteiger partial charge in [0.25, 0.3) is 0 Å². The lowest BCUT2D eigenvalue weighted by Crippen LogP contribution is -2.05. The topological polar surface area (TPSA) is 39.2 Å². The molecule has 0 aliphatic rings. The maximum absolute atomic E-state index is 13.1. The molecule has 0 unspecified atom stereocenters. The lowest BCUT2D eigenvalue weighted by Gasteiger charge is -2.04. The van der Waals surface area contributed by atoms with E-state index in [9.17, 15) is 9.18 Å². The van der Waals surface area contributed by atoms with Gasteiger partial charge in [-0.15, -0.1) is 0 Å². The third-order valence-corrected chi connectivity index (χ3v) is 3.12. The van der Waals surface area contributed by atoms with E-state index in [1.165, 1.54) is 18.3 Å². The first kappa shape index (κ1) is 12.2. The number of rotatable bonds is 2. The maximum atomic E-state index is 13.1. The van der Waals surface area contributed by atoms with Gasteiger partial charge >= 0.3 is 5.97 Å². The number of nitrogens with zero attached hydrogens (tertiary/aromatic N) is 1. The monoisotopic (exact) mass is 345 g/mol. The van der Waals surface area contributed by atoms with Crippen LogP contribution in [0.5, 0.6) is 0 Å². The Morgan fingerprint density at radius 1 is 1.47 bits per heavy atom. The van der Waals surface area contributed by atoms with E-state index in [4.69, 9.17) is 4.74 Å². The minimum atomic E-state index is -0.415. The fraction of sp³-hybridized carbons (Fsp3) is 0.167. The molecule has 0 aliphatic heterocycles. The summed E-state index contributed by atoms with van der Waals surface area (Å²) in [5, 5.41) is 0.748. The van der Waals surface area contributed by atoms with E-state index in [-0.39, 0.29) is 5.82 Å². The normalized spacial score (nSPS) is 10.5. The van der Waals surface area contributed by atoms with Gasteiger partial charge in [-0.2, -0.15) is 0 Å². The van der Waals surface area contributed by atoms with Crippen molar-refractivity contribution in [3.05, 3.63) is 39.3 Å². The van der Waals surface area contributed by atoms with E-state index in [0.29, 0.717) is 17.7 Å². The summed E-state index contributed by atoms with van der Waals surface area (Å²) >= 11 is 2.01. The molecule has 0 amide bonds. The van der Waals surface area contributed by atoms with Crippen LogP contribution in [0.25, 0.3) is 10.9 Å². The fourth-order valence-corrected chi connectivity index (χ4v) is 2.21. The van der Waals surface area contributed by atoms with Crippen molar-refractivity contribution in [3.8, 4) is 0 Å². The van der Waals surface area contributed by atoms with Crippen molar-refractivity contribution >= 4 is 39.5 Å². The number of ether oxygens (including phenoxy) is 1. The molecule has 3 nitrogen and oxygen atoms in total. The third kappa shape index (κ3) is 2.54. The predicted molar refractivity (Wildman–Crippen MR) is 70.4 cm³/mol. The highest BCUT2D eigenvalue weighted by molar-refractivity contribution is 14.1. The molecule has 2 rings (SSSR count). The van der Waals surface area contributed by atoms with E-state index in [0.717, 1.165) is 8.96 Å². The first-order chi connectivity index (χ1) is 8.11. The second-order valence-corrected chi connectivity index (χ2v) is 4.56. The Morgan fingerprint density at radius 3 is 2.94 bits per heavy atom. The number of hydrogen-bond acceptors (Lipinski definition) is 3. The van der Waals surface area contributed by atoms with Gasteiger partial charge in [-0.25, -0.2) is 9.18 Å². The number of fused-ring (bicyclic) bond motifs is 1. The van der Waals surface area contributed by atoms with Gasteiger partial charge in [0.15, 0.2) is 0 Å². The number of hydrogen-bond donors (Lipinski definition) is 0. The van der Waals surface area contributed by atoms with Gasteiger partial charge < -0.3 is 4.74 Å². The number of halogens is 2. The van der Waals surface area contributed by atoms with Crippen molar-refractivity contribution in [2.45, 2.75) is 6.92 Å². The van der Waals surface area contributed by atoms with E-state index < -0.39 is 5.97 Å². The van der Waals surface area contributed by atoms with Crippen molar-refractivity contribution in [1.82, 2.24) is 4.98 Å². The zero-order valence-electron chi connectivity index (χ0n) is 9.04. The molecule has 0 atom stereocenters. The quantitative estimate of drug-likeness (QED) is 0.620. The zero-order chi connectivity index (χ0) is 12.4. The zero-order valence-corrected chi connectivity index (χ0v) is 11.2. The second kappa shape index (κ2) is 4.95. The molecule has 1 aromatic heterocycles. The van der Waals surface area contributed by atoms with Gasteiger partial charge in [-0.05, 0) is 41.6 Å². The Balaban J connectivity index is 2.54. The van der Waals surface area contributed by atoms with Crippen LogP contribution in [0.4, 0.5) is 4.39 Å². The summed E-state index contributed by atoms with van der Waals surface area (Å²) in [6, 6.07) is 4.41. The molecule has 0 saturated heterocycles. The summed E-state index contributed by atoms with van der Waals surface area (Å²) in [6.07, 6.45) is 1.40. The summed E-state index contributed by atoms with van der Waals surface area (Å²) < 4.78 is 18.7. The van der Waals surface area contributed by atoms with Crippen molar-refractivity contribution in [1.29, 1.82) is 0 Å². The standard InChI is InChI=1S/C12H9FINO2/c1-2-17-12(16)7-3-9-10(14)4-8(13)5-11(9)15-6-7/h3-6H,2H2,1H3. The molecule has 0 aliphatic carbocycles. The molecule has 0 bridgehead atoms. The average molecular weight is 345 g/mol. The third-order valence-electron chi connectivity index (χ3n) is 2.23. The molecular weight excluding hydrogens is 336 g/mol. The Morgan fingerprint density at radius 2 is 2.24 bits per heavy atom. The molecule has 17 heavy (non-hydrogen) atoms. The first-order valence-electron chi connectivity index (χ1n) is 5.03. The summed E-state index contributed by atoms with van der Waals surface area (Å²) in [5.74, 6) is -0.750. The van der Waals surface area contributed by atoms with Crippen LogP contribution in [-0.4, -0.2) is 17.6 Å². The predicted octanol–water partition coefficient (Wildman–Crippen LogP) is 3.16. The van der Waals surface area contributed by atoms with Gasteiger partial charge in [0.2, 0.25) is 0 Å². The summed E-state index contributed by atoms with van der Waals surface area (Å²) in [6.45, 7) is 2.06. The lowest BCUT2D eigenvalue weighted by molar-refractivity contribution is 0.0526. The fourth-order valence-electron chi connectivity index (χ4n) is 1.48. The minimum absolute atomic E-state index is 0.317. The van der Waals surface area contributed by atoms with Crippen LogP contribution in [0.2, 0.25) is 0 Å². The van der Waals surface area contributed by atoms with Crippen LogP contribution in [0.1, 0.15) is 17.3 Å². The minimum Gasteiger partial charge on any atom is -0.462 e. The average Bonchev–Trinajstić information content (AvgIpc) is 2.28. The largest absolute Gasteiger partial charge is 0.462 e. The van der Waals surface area contributed by atoms with Crippen LogP contribution >= 0.6 is 22.6 Å². The summed E-state index contributed by atoms with van der Waals surface area (Å²) in [5.41, 5.74) is 0.909. The number of benzene rings is 1. The lowest BCUT2D eigenvalue weighted by atomic mass is 10.1. The number of esters is 1. The number of carbonyl (C=O) groups is 1. The van der Waals surface area contributed by atoms with E-state index in [2.05, 4.69) is 4.98 Å². The molecule has 0 fully saturated rings. The Labute approximate surface area is 111 Å². The van der Waals surface area contributed by atoms with Crippen molar-refractivity contribution in [2.75, 3.05) is 6.61 Å². The smallest absolute Gasteiger partial charge is 0.339 e. The van der Waals surface area contributed by atoms with Gasteiger partial charge in [-0.3, -0.25) is 4.98 Å². The van der Waals surface area contributed by atoms with Crippen molar-refractivity contribution < 1.29 is 13.9 Å². The Hall–Kier alpha value is -1.24. The first-order valence-corrected chi connectivity index (χ1v) is 6.11. The molecule has 2 aromatic rings. The van der Waals surface area contributed by atoms with E-state index in [1.807, 2.05) is 22.6 Å². The molecule has 0 radical (unpaired) electrons. The number of pyridine rings is 1. The maximum Gasteiger partial charge on any atom is 0.339 e. The van der Waals surface area contributed by atoms with Gasteiger partial charge in [-0.1, -0.05) is 0 Å². The number of aromatic nitrogens is 1. The molecule has 5 heteroatoms. The van der Waals surface area contributed by atoms with Crippen LogP contribution in [0.15, 0.2) is 24.4 Å². The summed E-state index contributed by atoms with van der Waals surface area (Å²) in [7, 11) is 0. The van der Waals surface area contributed by atoms with Crippen LogP contribution in [0, 0.1) is 9.39 Å². The van der Waals surface area contributed by atoms with Crippen molar-refractivity contribution in [3.63, 3.8) is 0 Å². The van der Waals surface area contributed by atoms with Crippen molar-refractivity contribution in [2.24, 2.45) is 0 Å². The number of carbonyl (C=O) groups excluding carboxylic acids is 1. The van der Waals surface area contributed by atoms with Gasteiger partial charge in [0.05, 0.1) is 17.7 Å². The molecule has 1 aromatic carbocycles. The van der Waals surface area contributed by atoms with E-state index in [1.54, 1.807) is 13.0 Å². The molecule has 88 valence electrons. The Bertz CT molecular complexity index is 586. The second-order valence-electron chi connectivity index (χ2n) is 3.40. The highest BCUT2D eigenvalue weighted by Crippen LogP contribution is 2.22. The molecule has 0 spiro atoms. The van der Waals surface area contributed by atoms with Crippen LogP contribution < -0.4 is 0 Å². The highest BCUT2D eigenvalue weighted by Gasteiger charge is 2.10. The molecule has 0 N–H and O–H groups in total. The van der Waals surface area contributed by atoms with Gasteiger partial charge in [0.1, 0.15) is 5.82 Å². The van der Waals surface area contributed by atoms with Gasteiger partial charge in [0, 0.05) is 21.2 Å². The van der Waals surface area contributed by atoms with Crippen LogP contribution in [0.3, 0.4) is 0 Å². The molecular formula is C12H9FINO2. The van der Waals surface area contributed by atoms with E-state index >= 15 is 0 Å². The highest BCUT2D eigenvalue weighted by atomic mass is 127. The summed E-state index contributed by atoms with van der Waals surface area (Å²) in [4.78, 5) is 15.6. The molecule has 1 heterocycles. The molecule has 0 saturated carbocycles. The SMILES string of the molecule is CCOC(=O)c1cnc2cc(F)cc(I)c2c1. The Kier molecular flexibility index (Phi) is 3.56. The van der Waals surface area contributed by atoms with Crippen LogP contribution in [-0.2, 0) is 4.74 Å².